The molecular formula is C16H30O. The fourth-order valence-electron chi connectivity index (χ4n) is 3.19. The molecule has 0 amide bonds. The quantitative estimate of drug-likeness (QED) is 0.611. The predicted octanol–water partition coefficient (Wildman–Crippen LogP) is 4.99. The van der Waals surface area contributed by atoms with Gasteiger partial charge in [-0.3, -0.25) is 4.79 Å². The van der Waals surface area contributed by atoms with Gasteiger partial charge in [0, 0.05) is 11.8 Å². The van der Waals surface area contributed by atoms with E-state index in [2.05, 4.69) is 20.8 Å². The van der Waals surface area contributed by atoms with Crippen molar-refractivity contribution < 1.29 is 4.79 Å². The number of rotatable bonds is 7. The molecule has 1 heteroatoms. The monoisotopic (exact) mass is 238 g/mol. The van der Waals surface area contributed by atoms with Crippen LogP contribution < -0.4 is 0 Å². The van der Waals surface area contributed by atoms with Crippen LogP contribution in [0.25, 0.3) is 0 Å². The van der Waals surface area contributed by atoms with Crippen molar-refractivity contribution in [1.82, 2.24) is 0 Å². The van der Waals surface area contributed by atoms with Gasteiger partial charge in [-0.2, -0.15) is 0 Å². The molecular weight excluding hydrogens is 208 g/mol. The van der Waals surface area contributed by atoms with E-state index in [0.29, 0.717) is 17.6 Å². The Balaban J connectivity index is 2.40. The molecule has 1 fully saturated rings. The Kier molecular flexibility index (Phi) is 6.84. The molecule has 0 aliphatic heterocycles. The third-order valence-electron chi connectivity index (χ3n) is 4.63. The third-order valence-corrected chi connectivity index (χ3v) is 4.63. The number of unbranched alkanes of at least 4 members (excludes halogenated alkanes) is 1. The first kappa shape index (κ1) is 14.7. The Hall–Kier alpha value is -0.330. The minimum Gasteiger partial charge on any atom is -0.299 e. The number of Topliss-reactive ketones (excluding diaryl/α,β-unsaturated/α-hetero) is 1. The second kappa shape index (κ2) is 7.89. The lowest BCUT2D eigenvalue weighted by Gasteiger charge is -2.29. The average molecular weight is 238 g/mol. The SMILES string of the molecule is CCCCC(CC)C(=O)C1CCC(CC)CC1. The number of ketones is 1. The second-order valence-electron chi connectivity index (χ2n) is 5.78. The van der Waals surface area contributed by atoms with Crippen LogP contribution >= 0.6 is 0 Å². The first-order valence-electron chi connectivity index (χ1n) is 7.76. The molecule has 0 bridgehead atoms. The highest BCUT2D eigenvalue weighted by molar-refractivity contribution is 5.83. The highest BCUT2D eigenvalue weighted by Gasteiger charge is 2.29. The number of hydrogen-bond donors (Lipinski definition) is 0. The molecule has 0 aromatic carbocycles. The normalized spacial score (nSPS) is 26.8. The van der Waals surface area contributed by atoms with E-state index >= 15 is 0 Å². The van der Waals surface area contributed by atoms with Crippen LogP contribution in [0.5, 0.6) is 0 Å². The Morgan fingerprint density at radius 3 is 2.24 bits per heavy atom. The maximum Gasteiger partial charge on any atom is 0.139 e. The van der Waals surface area contributed by atoms with Crippen molar-refractivity contribution >= 4 is 5.78 Å². The summed E-state index contributed by atoms with van der Waals surface area (Å²) in [6.07, 6.45) is 10.8. The van der Waals surface area contributed by atoms with E-state index in [-0.39, 0.29) is 0 Å². The molecule has 0 radical (unpaired) electrons. The largest absolute Gasteiger partial charge is 0.299 e. The zero-order valence-electron chi connectivity index (χ0n) is 12.0. The first-order valence-corrected chi connectivity index (χ1v) is 7.76. The molecule has 1 nitrogen and oxygen atoms in total. The highest BCUT2D eigenvalue weighted by atomic mass is 16.1. The number of carbonyl (C=O) groups is 1. The summed E-state index contributed by atoms with van der Waals surface area (Å²) in [6.45, 7) is 6.67. The van der Waals surface area contributed by atoms with E-state index in [1.54, 1.807) is 0 Å². The van der Waals surface area contributed by atoms with E-state index in [1.807, 2.05) is 0 Å². The summed E-state index contributed by atoms with van der Waals surface area (Å²) in [6, 6.07) is 0. The van der Waals surface area contributed by atoms with Gasteiger partial charge in [-0.25, -0.2) is 0 Å². The summed E-state index contributed by atoms with van der Waals surface area (Å²) >= 11 is 0. The van der Waals surface area contributed by atoms with Crippen LogP contribution in [-0.4, -0.2) is 5.78 Å². The lowest BCUT2D eigenvalue weighted by atomic mass is 9.75. The van der Waals surface area contributed by atoms with Crippen LogP contribution in [0.1, 0.15) is 78.6 Å². The molecule has 0 aromatic heterocycles. The topological polar surface area (TPSA) is 17.1 Å². The van der Waals surface area contributed by atoms with Gasteiger partial charge in [-0.15, -0.1) is 0 Å². The van der Waals surface area contributed by atoms with Gasteiger partial charge < -0.3 is 0 Å². The van der Waals surface area contributed by atoms with E-state index in [1.165, 1.54) is 44.9 Å². The van der Waals surface area contributed by atoms with E-state index < -0.39 is 0 Å². The van der Waals surface area contributed by atoms with Crippen molar-refractivity contribution in [3.05, 3.63) is 0 Å². The zero-order valence-corrected chi connectivity index (χ0v) is 12.0. The number of carbonyl (C=O) groups excluding carboxylic acids is 1. The van der Waals surface area contributed by atoms with E-state index in [4.69, 9.17) is 0 Å². The Bertz CT molecular complexity index is 214. The predicted molar refractivity (Wildman–Crippen MR) is 74.1 cm³/mol. The summed E-state index contributed by atoms with van der Waals surface area (Å²) in [7, 11) is 0. The smallest absolute Gasteiger partial charge is 0.139 e. The van der Waals surface area contributed by atoms with Gasteiger partial charge in [-0.05, 0) is 44.4 Å². The van der Waals surface area contributed by atoms with Crippen molar-refractivity contribution in [1.29, 1.82) is 0 Å². The molecule has 1 aliphatic rings. The maximum atomic E-state index is 12.4. The van der Waals surface area contributed by atoms with Crippen molar-refractivity contribution in [2.24, 2.45) is 17.8 Å². The summed E-state index contributed by atoms with van der Waals surface area (Å²) in [5, 5.41) is 0. The minimum absolute atomic E-state index is 0.359. The molecule has 1 unspecified atom stereocenters. The maximum absolute atomic E-state index is 12.4. The molecule has 1 rings (SSSR count). The summed E-state index contributed by atoms with van der Waals surface area (Å²) in [5.41, 5.74) is 0. The standard InChI is InChI=1S/C16H30O/c1-4-7-8-14(6-3)16(17)15-11-9-13(5-2)10-12-15/h13-15H,4-12H2,1-3H3. The Morgan fingerprint density at radius 2 is 1.76 bits per heavy atom. The van der Waals surface area contributed by atoms with Crippen LogP contribution in [0.4, 0.5) is 0 Å². The molecule has 1 atom stereocenters. The van der Waals surface area contributed by atoms with Crippen LogP contribution in [0, 0.1) is 17.8 Å². The zero-order chi connectivity index (χ0) is 12.7. The fraction of sp³-hybridized carbons (Fsp3) is 0.938. The Labute approximate surface area is 107 Å². The lowest BCUT2D eigenvalue weighted by Crippen LogP contribution is -2.27. The van der Waals surface area contributed by atoms with Crippen molar-refractivity contribution in [2.45, 2.75) is 78.6 Å². The summed E-state index contributed by atoms with van der Waals surface area (Å²) in [4.78, 5) is 12.4. The van der Waals surface area contributed by atoms with Crippen LogP contribution in [0.15, 0.2) is 0 Å². The summed E-state index contributed by atoms with van der Waals surface area (Å²) in [5.74, 6) is 2.25. The molecule has 1 aliphatic carbocycles. The molecule has 0 saturated heterocycles. The van der Waals surface area contributed by atoms with E-state index in [9.17, 15) is 4.79 Å². The molecule has 100 valence electrons. The second-order valence-corrected chi connectivity index (χ2v) is 5.78. The molecule has 0 heterocycles. The van der Waals surface area contributed by atoms with Crippen molar-refractivity contribution in [3.63, 3.8) is 0 Å². The minimum atomic E-state index is 0.359. The van der Waals surface area contributed by atoms with Crippen LogP contribution in [0.3, 0.4) is 0 Å². The molecule has 17 heavy (non-hydrogen) atoms. The van der Waals surface area contributed by atoms with Crippen molar-refractivity contribution in [3.8, 4) is 0 Å². The highest BCUT2D eigenvalue weighted by Crippen LogP contribution is 2.33. The third kappa shape index (κ3) is 4.44. The average Bonchev–Trinajstić information content (AvgIpc) is 2.39. The molecule has 0 spiro atoms. The first-order chi connectivity index (χ1) is 8.22. The van der Waals surface area contributed by atoms with Gasteiger partial charge in [-0.1, -0.05) is 40.0 Å². The van der Waals surface area contributed by atoms with Crippen LogP contribution in [-0.2, 0) is 4.79 Å². The van der Waals surface area contributed by atoms with Crippen LogP contribution in [0.2, 0.25) is 0 Å². The summed E-state index contributed by atoms with van der Waals surface area (Å²) < 4.78 is 0. The molecule has 0 N–H and O–H groups in total. The Morgan fingerprint density at radius 1 is 1.12 bits per heavy atom. The molecule has 0 aromatic rings. The number of hydrogen-bond acceptors (Lipinski definition) is 1. The van der Waals surface area contributed by atoms with Gasteiger partial charge in [0.05, 0.1) is 0 Å². The van der Waals surface area contributed by atoms with E-state index in [0.717, 1.165) is 18.8 Å². The van der Waals surface area contributed by atoms with Gasteiger partial charge in [0.1, 0.15) is 5.78 Å². The van der Waals surface area contributed by atoms with Gasteiger partial charge in [0.2, 0.25) is 0 Å². The lowest BCUT2D eigenvalue weighted by molar-refractivity contribution is -0.128. The van der Waals surface area contributed by atoms with Crippen molar-refractivity contribution in [2.75, 3.05) is 0 Å². The molecule has 1 saturated carbocycles. The van der Waals surface area contributed by atoms with Gasteiger partial charge in [0.25, 0.3) is 0 Å². The fourth-order valence-corrected chi connectivity index (χ4v) is 3.19. The van der Waals surface area contributed by atoms with Gasteiger partial charge in [0.15, 0.2) is 0 Å². The van der Waals surface area contributed by atoms with Gasteiger partial charge >= 0.3 is 0 Å².